The average molecular weight is 255 g/mol. The van der Waals surface area contributed by atoms with Crippen molar-refractivity contribution in [2.24, 2.45) is 5.92 Å². The maximum absolute atomic E-state index is 11.7. The van der Waals surface area contributed by atoms with Crippen LogP contribution in [0.3, 0.4) is 0 Å². The Bertz CT molecular complexity index is 307. The van der Waals surface area contributed by atoms with Crippen molar-refractivity contribution in [2.75, 3.05) is 0 Å². The second kappa shape index (κ2) is 6.21. The van der Waals surface area contributed by atoms with E-state index in [1.165, 1.54) is 0 Å². The topological polar surface area (TPSA) is 55.4 Å². The molecule has 1 fully saturated rings. The highest BCUT2D eigenvalue weighted by Crippen LogP contribution is 2.27. The molecule has 1 amide bonds. The SMILES string of the molecule is CC(=O)C[C@@H]1CCCC[C@@H]1NC(=O)OC(C)(C)C. The minimum atomic E-state index is -0.477. The minimum Gasteiger partial charge on any atom is -0.444 e. The van der Waals surface area contributed by atoms with E-state index >= 15 is 0 Å². The summed E-state index contributed by atoms with van der Waals surface area (Å²) in [7, 11) is 0. The zero-order valence-electron chi connectivity index (χ0n) is 11.9. The molecule has 1 N–H and O–H groups in total. The van der Waals surface area contributed by atoms with Crippen molar-refractivity contribution in [3.05, 3.63) is 0 Å². The van der Waals surface area contributed by atoms with Gasteiger partial charge in [0.05, 0.1) is 0 Å². The predicted octanol–water partition coefficient (Wildman–Crippen LogP) is 3.05. The highest BCUT2D eigenvalue weighted by atomic mass is 16.6. The molecule has 4 nitrogen and oxygen atoms in total. The normalized spacial score (nSPS) is 24.4. The molecule has 4 heteroatoms. The van der Waals surface area contributed by atoms with Gasteiger partial charge in [0, 0.05) is 12.5 Å². The summed E-state index contributed by atoms with van der Waals surface area (Å²) in [6.07, 6.45) is 4.39. The molecule has 0 radical (unpaired) electrons. The highest BCUT2D eigenvalue weighted by molar-refractivity contribution is 5.76. The number of amides is 1. The molecule has 1 aliphatic carbocycles. The van der Waals surface area contributed by atoms with Gasteiger partial charge in [-0.25, -0.2) is 4.79 Å². The summed E-state index contributed by atoms with van der Waals surface area (Å²) in [5.74, 6) is 0.460. The first-order chi connectivity index (χ1) is 8.28. The third kappa shape index (κ3) is 5.52. The van der Waals surface area contributed by atoms with Gasteiger partial charge in [-0.2, -0.15) is 0 Å². The number of ether oxygens (including phenoxy) is 1. The lowest BCUT2D eigenvalue weighted by molar-refractivity contribution is -0.118. The monoisotopic (exact) mass is 255 g/mol. The van der Waals surface area contributed by atoms with Crippen LogP contribution in [0.2, 0.25) is 0 Å². The molecular weight excluding hydrogens is 230 g/mol. The van der Waals surface area contributed by atoms with Gasteiger partial charge in [-0.15, -0.1) is 0 Å². The van der Waals surface area contributed by atoms with Crippen LogP contribution in [0.4, 0.5) is 4.79 Å². The van der Waals surface area contributed by atoms with Crippen molar-refractivity contribution >= 4 is 11.9 Å². The summed E-state index contributed by atoms with van der Waals surface area (Å²) in [5, 5.41) is 2.92. The van der Waals surface area contributed by atoms with E-state index in [-0.39, 0.29) is 23.8 Å². The Labute approximate surface area is 109 Å². The molecule has 0 unspecified atom stereocenters. The van der Waals surface area contributed by atoms with E-state index < -0.39 is 5.60 Å². The van der Waals surface area contributed by atoms with Crippen LogP contribution in [0.25, 0.3) is 0 Å². The van der Waals surface area contributed by atoms with E-state index in [2.05, 4.69) is 5.32 Å². The summed E-state index contributed by atoms with van der Waals surface area (Å²) in [6, 6.07) is 0.0810. The molecule has 0 saturated heterocycles. The Morgan fingerprint density at radius 1 is 1.22 bits per heavy atom. The molecule has 0 aliphatic heterocycles. The fraction of sp³-hybridized carbons (Fsp3) is 0.857. The van der Waals surface area contributed by atoms with E-state index in [1.807, 2.05) is 20.8 Å². The van der Waals surface area contributed by atoms with Crippen LogP contribution in [0.5, 0.6) is 0 Å². The number of alkyl carbamates (subject to hydrolysis) is 1. The Balaban J connectivity index is 2.51. The fourth-order valence-corrected chi connectivity index (χ4v) is 2.47. The van der Waals surface area contributed by atoms with Crippen LogP contribution in [0.1, 0.15) is 59.8 Å². The van der Waals surface area contributed by atoms with E-state index in [0.29, 0.717) is 6.42 Å². The summed E-state index contributed by atoms with van der Waals surface area (Å²) in [4.78, 5) is 23.0. The lowest BCUT2D eigenvalue weighted by Gasteiger charge is -2.32. The van der Waals surface area contributed by atoms with Crippen molar-refractivity contribution in [3.8, 4) is 0 Å². The van der Waals surface area contributed by atoms with Gasteiger partial charge >= 0.3 is 6.09 Å². The van der Waals surface area contributed by atoms with Crippen LogP contribution in [0.15, 0.2) is 0 Å². The predicted molar refractivity (Wildman–Crippen MR) is 70.4 cm³/mol. The molecule has 1 aliphatic rings. The van der Waals surface area contributed by atoms with E-state index in [4.69, 9.17) is 4.74 Å². The van der Waals surface area contributed by atoms with Crippen molar-refractivity contribution in [1.82, 2.24) is 5.32 Å². The second-order valence-electron chi connectivity index (χ2n) is 6.20. The second-order valence-corrected chi connectivity index (χ2v) is 6.20. The zero-order chi connectivity index (χ0) is 13.8. The number of carbonyl (C=O) groups is 2. The van der Waals surface area contributed by atoms with Crippen LogP contribution in [-0.2, 0) is 9.53 Å². The quantitative estimate of drug-likeness (QED) is 0.843. The highest BCUT2D eigenvalue weighted by Gasteiger charge is 2.28. The Morgan fingerprint density at radius 2 is 1.83 bits per heavy atom. The molecule has 0 spiro atoms. The standard InChI is InChI=1S/C14H25NO3/c1-10(16)9-11-7-5-6-8-12(11)15-13(17)18-14(2,3)4/h11-12H,5-9H2,1-4H3,(H,15,17)/t11-,12-/m0/s1. The van der Waals surface area contributed by atoms with Gasteiger partial charge in [-0.1, -0.05) is 12.8 Å². The van der Waals surface area contributed by atoms with Crippen molar-refractivity contribution in [3.63, 3.8) is 0 Å². The molecule has 1 saturated carbocycles. The van der Waals surface area contributed by atoms with Gasteiger partial charge in [-0.05, 0) is 46.5 Å². The maximum Gasteiger partial charge on any atom is 0.407 e. The Hall–Kier alpha value is -1.06. The molecule has 0 aromatic carbocycles. The fourth-order valence-electron chi connectivity index (χ4n) is 2.47. The summed E-state index contributed by atoms with van der Waals surface area (Å²) < 4.78 is 5.26. The number of nitrogens with one attached hydrogen (secondary N) is 1. The van der Waals surface area contributed by atoms with Gasteiger partial charge in [0.1, 0.15) is 11.4 Å². The Morgan fingerprint density at radius 3 is 2.39 bits per heavy atom. The smallest absolute Gasteiger partial charge is 0.407 e. The average Bonchev–Trinajstić information content (AvgIpc) is 2.17. The number of ketones is 1. The number of Topliss-reactive ketones (excluding diaryl/α,β-unsaturated/α-hetero) is 1. The first-order valence-electron chi connectivity index (χ1n) is 6.77. The van der Waals surface area contributed by atoms with Gasteiger partial charge < -0.3 is 14.8 Å². The third-order valence-corrected chi connectivity index (χ3v) is 3.16. The first-order valence-corrected chi connectivity index (χ1v) is 6.77. The molecule has 1 rings (SSSR count). The largest absolute Gasteiger partial charge is 0.444 e. The lowest BCUT2D eigenvalue weighted by atomic mass is 9.81. The number of hydrogen-bond acceptors (Lipinski definition) is 3. The molecule has 2 atom stereocenters. The van der Waals surface area contributed by atoms with Crippen molar-refractivity contribution < 1.29 is 14.3 Å². The Kier molecular flexibility index (Phi) is 5.17. The summed E-state index contributed by atoms with van der Waals surface area (Å²) in [5.41, 5.74) is -0.477. The number of carbonyl (C=O) groups excluding carboxylic acids is 2. The van der Waals surface area contributed by atoms with E-state index in [0.717, 1.165) is 25.7 Å². The molecular formula is C14H25NO3. The van der Waals surface area contributed by atoms with E-state index in [1.54, 1.807) is 6.92 Å². The zero-order valence-corrected chi connectivity index (χ0v) is 11.9. The maximum atomic E-state index is 11.7. The number of rotatable bonds is 3. The molecule has 104 valence electrons. The molecule has 0 heterocycles. The van der Waals surface area contributed by atoms with E-state index in [9.17, 15) is 9.59 Å². The van der Waals surface area contributed by atoms with Crippen LogP contribution >= 0.6 is 0 Å². The van der Waals surface area contributed by atoms with Gasteiger partial charge in [0.25, 0.3) is 0 Å². The van der Waals surface area contributed by atoms with Gasteiger partial charge in [0.15, 0.2) is 0 Å². The van der Waals surface area contributed by atoms with Crippen LogP contribution in [0, 0.1) is 5.92 Å². The van der Waals surface area contributed by atoms with Gasteiger partial charge in [0.2, 0.25) is 0 Å². The van der Waals surface area contributed by atoms with Gasteiger partial charge in [-0.3, -0.25) is 0 Å². The summed E-state index contributed by atoms with van der Waals surface area (Å²) in [6.45, 7) is 7.15. The minimum absolute atomic E-state index is 0.0810. The molecule has 0 bridgehead atoms. The van der Waals surface area contributed by atoms with Crippen LogP contribution < -0.4 is 5.32 Å². The molecule has 0 aromatic heterocycles. The molecule has 0 aromatic rings. The van der Waals surface area contributed by atoms with Crippen LogP contribution in [-0.4, -0.2) is 23.5 Å². The lowest BCUT2D eigenvalue weighted by Crippen LogP contribution is -2.44. The molecule has 18 heavy (non-hydrogen) atoms. The van der Waals surface area contributed by atoms with Crippen molar-refractivity contribution in [2.45, 2.75) is 71.4 Å². The summed E-state index contributed by atoms with van der Waals surface area (Å²) >= 11 is 0. The van der Waals surface area contributed by atoms with Crippen molar-refractivity contribution in [1.29, 1.82) is 0 Å². The third-order valence-electron chi connectivity index (χ3n) is 3.16. The first kappa shape index (κ1) is 15.0. The number of hydrogen-bond donors (Lipinski definition) is 1.